The molecule has 136 valence electrons. The molecule has 1 heterocycles. The van der Waals surface area contributed by atoms with Crippen molar-refractivity contribution in [3.63, 3.8) is 0 Å². The number of amidine groups is 1. The second-order valence-corrected chi connectivity index (χ2v) is 6.28. The topological polar surface area (TPSA) is 82.2 Å². The number of carbonyl (C=O) groups is 1. The van der Waals surface area contributed by atoms with Crippen molar-refractivity contribution in [2.45, 2.75) is 6.17 Å². The predicted octanol–water partition coefficient (Wildman–Crippen LogP) is 2.01. The van der Waals surface area contributed by atoms with E-state index < -0.39 is 18.0 Å². The van der Waals surface area contributed by atoms with E-state index in [1.165, 1.54) is 12.1 Å². The summed E-state index contributed by atoms with van der Waals surface area (Å²) in [6, 6.07) is 14.1. The van der Waals surface area contributed by atoms with Gasteiger partial charge in [0.05, 0.1) is 0 Å². The smallest absolute Gasteiger partial charge is 0.371 e. The van der Waals surface area contributed by atoms with Crippen LogP contribution < -0.4 is 10.6 Å². The van der Waals surface area contributed by atoms with E-state index in [-0.39, 0.29) is 5.82 Å². The van der Waals surface area contributed by atoms with Crippen molar-refractivity contribution in [2.75, 3.05) is 31.6 Å². The molecule has 0 bridgehead atoms. The number of nitrogens with zero attached hydrogens (tertiary/aromatic N) is 3. The fourth-order valence-electron chi connectivity index (χ4n) is 3.11. The summed E-state index contributed by atoms with van der Waals surface area (Å²) >= 11 is 0. The summed E-state index contributed by atoms with van der Waals surface area (Å²) in [6.07, 6.45) is -0.460. The van der Waals surface area contributed by atoms with E-state index >= 15 is 0 Å². The zero-order chi connectivity index (χ0) is 18.7. The van der Waals surface area contributed by atoms with Crippen molar-refractivity contribution in [3.05, 3.63) is 54.3 Å². The molecule has 0 radical (unpaired) electrons. The largest absolute Gasteiger partial charge is 0.475 e. The van der Waals surface area contributed by atoms with Crippen LogP contribution in [-0.4, -0.2) is 54.7 Å². The zero-order valence-electron chi connectivity index (χ0n) is 14.5. The van der Waals surface area contributed by atoms with Crippen LogP contribution in [0.5, 0.6) is 0 Å². The molecular formula is C19H21FN4O2. The highest BCUT2D eigenvalue weighted by Gasteiger charge is 2.28. The summed E-state index contributed by atoms with van der Waals surface area (Å²) in [4.78, 5) is 19.3. The standard InChI is InChI=1S/C19H21FN4O2/c1-23-9-10-24(17(12-23)22-18(21)19(25)26)16-8-7-14(20)11-15(16)13-5-3-2-4-6-13/h2-8,11,17H,9-10,12H2,1H3,(H2,21,22)(H,25,26). The van der Waals surface area contributed by atoms with Crippen molar-refractivity contribution in [3.8, 4) is 11.1 Å². The van der Waals surface area contributed by atoms with E-state index in [4.69, 9.17) is 10.8 Å². The lowest BCUT2D eigenvalue weighted by Gasteiger charge is -2.40. The van der Waals surface area contributed by atoms with Crippen LogP contribution in [0.25, 0.3) is 11.1 Å². The fraction of sp³-hybridized carbons (Fsp3) is 0.263. The van der Waals surface area contributed by atoms with Gasteiger partial charge in [0.2, 0.25) is 5.84 Å². The summed E-state index contributed by atoms with van der Waals surface area (Å²) < 4.78 is 13.9. The number of piperazine rings is 1. The van der Waals surface area contributed by atoms with Gasteiger partial charge in [-0.1, -0.05) is 30.3 Å². The van der Waals surface area contributed by atoms with Gasteiger partial charge in [-0.3, -0.25) is 0 Å². The predicted molar refractivity (Wildman–Crippen MR) is 99.7 cm³/mol. The van der Waals surface area contributed by atoms with Crippen molar-refractivity contribution < 1.29 is 14.3 Å². The molecule has 7 heteroatoms. The number of anilines is 1. The van der Waals surface area contributed by atoms with Crippen LogP contribution in [0.2, 0.25) is 0 Å². The Morgan fingerprint density at radius 3 is 2.65 bits per heavy atom. The summed E-state index contributed by atoms with van der Waals surface area (Å²) in [6.45, 7) is 1.94. The minimum Gasteiger partial charge on any atom is -0.475 e. The van der Waals surface area contributed by atoms with Crippen molar-refractivity contribution in [1.29, 1.82) is 0 Å². The molecule has 6 nitrogen and oxygen atoms in total. The van der Waals surface area contributed by atoms with Gasteiger partial charge in [-0.25, -0.2) is 14.2 Å². The van der Waals surface area contributed by atoms with E-state index in [2.05, 4.69) is 9.89 Å². The fourth-order valence-corrected chi connectivity index (χ4v) is 3.11. The highest BCUT2D eigenvalue weighted by atomic mass is 19.1. The number of nitrogens with two attached hydrogens (primary N) is 1. The average Bonchev–Trinajstić information content (AvgIpc) is 2.63. The first-order valence-electron chi connectivity index (χ1n) is 8.32. The van der Waals surface area contributed by atoms with Gasteiger partial charge >= 0.3 is 5.97 Å². The molecule has 0 spiro atoms. The van der Waals surface area contributed by atoms with E-state index in [0.717, 1.165) is 23.4 Å². The maximum atomic E-state index is 13.9. The summed E-state index contributed by atoms with van der Waals surface area (Å²) in [7, 11) is 1.94. The summed E-state index contributed by atoms with van der Waals surface area (Å²) in [5.41, 5.74) is 7.98. The molecule has 3 N–H and O–H groups in total. The van der Waals surface area contributed by atoms with Crippen molar-refractivity contribution >= 4 is 17.5 Å². The number of rotatable bonds is 3. The Balaban J connectivity index is 2.06. The van der Waals surface area contributed by atoms with E-state index in [1.54, 1.807) is 6.07 Å². The van der Waals surface area contributed by atoms with Gasteiger partial charge in [-0.15, -0.1) is 0 Å². The normalized spacial score (nSPS) is 18.8. The molecule has 3 rings (SSSR count). The first-order chi connectivity index (χ1) is 12.5. The maximum Gasteiger partial charge on any atom is 0.371 e. The Kier molecular flexibility index (Phi) is 5.18. The van der Waals surface area contributed by atoms with Crippen LogP contribution in [0.1, 0.15) is 0 Å². The number of likely N-dealkylation sites (N-methyl/N-ethyl adjacent to an activating group) is 1. The third-order valence-corrected chi connectivity index (χ3v) is 4.42. The zero-order valence-corrected chi connectivity index (χ0v) is 14.5. The molecule has 0 saturated carbocycles. The highest BCUT2D eigenvalue weighted by Crippen LogP contribution is 2.33. The number of benzene rings is 2. The van der Waals surface area contributed by atoms with Gasteiger partial charge < -0.3 is 20.6 Å². The van der Waals surface area contributed by atoms with Gasteiger partial charge in [-0.2, -0.15) is 0 Å². The van der Waals surface area contributed by atoms with Gasteiger partial charge in [-0.05, 0) is 30.8 Å². The molecule has 1 aliphatic rings. The summed E-state index contributed by atoms with van der Waals surface area (Å²) in [5, 5.41) is 9.07. The van der Waals surface area contributed by atoms with Crippen molar-refractivity contribution in [1.82, 2.24) is 4.90 Å². The number of halogens is 1. The van der Waals surface area contributed by atoms with E-state index in [0.29, 0.717) is 13.1 Å². The molecule has 2 aromatic rings. The first kappa shape index (κ1) is 17.9. The molecule has 0 amide bonds. The molecule has 0 aliphatic carbocycles. The molecular weight excluding hydrogens is 335 g/mol. The Hall–Kier alpha value is -2.93. The van der Waals surface area contributed by atoms with Crippen LogP contribution in [0, 0.1) is 5.82 Å². The average molecular weight is 356 g/mol. The third kappa shape index (κ3) is 3.83. The second kappa shape index (κ2) is 7.53. The number of hydrogen-bond acceptors (Lipinski definition) is 4. The lowest BCUT2D eigenvalue weighted by Crippen LogP contribution is -2.52. The van der Waals surface area contributed by atoms with Crippen molar-refractivity contribution in [2.24, 2.45) is 10.7 Å². The molecule has 1 unspecified atom stereocenters. The Morgan fingerprint density at radius 2 is 1.96 bits per heavy atom. The molecule has 1 saturated heterocycles. The SMILES string of the molecule is CN1CCN(c2ccc(F)cc2-c2ccccc2)C(/N=C(\N)C(=O)O)C1. The van der Waals surface area contributed by atoms with E-state index in [9.17, 15) is 9.18 Å². The number of carboxylic acids is 1. The molecule has 0 aromatic heterocycles. The van der Waals surface area contributed by atoms with E-state index in [1.807, 2.05) is 42.3 Å². The van der Waals surface area contributed by atoms with Gasteiger partial charge in [0.1, 0.15) is 12.0 Å². The molecule has 26 heavy (non-hydrogen) atoms. The minimum atomic E-state index is -1.25. The quantitative estimate of drug-likeness (QED) is 0.649. The number of hydrogen-bond donors (Lipinski definition) is 2. The molecule has 1 fully saturated rings. The monoisotopic (exact) mass is 356 g/mol. The van der Waals surface area contributed by atoms with Gasteiger partial charge in [0, 0.05) is 30.9 Å². The lowest BCUT2D eigenvalue weighted by molar-refractivity contribution is -0.129. The van der Waals surface area contributed by atoms with Gasteiger partial charge in [0.15, 0.2) is 0 Å². The third-order valence-electron chi connectivity index (χ3n) is 4.42. The Morgan fingerprint density at radius 1 is 1.23 bits per heavy atom. The summed E-state index contributed by atoms with van der Waals surface area (Å²) in [5.74, 6) is -2.01. The first-order valence-corrected chi connectivity index (χ1v) is 8.32. The van der Waals surface area contributed by atoms with Crippen LogP contribution in [0.3, 0.4) is 0 Å². The van der Waals surface area contributed by atoms with Crippen LogP contribution in [0.4, 0.5) is 10.1 Å². The van der Waals surface area contributed by atoms with Crippen LogP contribution >= 0.6 is 0 Å². The number of aliphatic imine (C=N–C) groups is 1. The second-order valence-electron chi connectivity index (χ2n) is 6.28. The van der Waals surface area contributed by atoms with Crippen LogP contribution in [-0.2, 0) is 4.79 Å². The molecule has 2 aromatic carbocycles. The van der Waals surface area contributed by atoms with Gasteiger partial charge in [0.25, 0.3) is 0 Å². The highest BCUT2D eigenvalue weighted by molar-refractivity contribution is 6.33. The van der Waals surface area contributed by atoms with Crippen LogP contribution in [0.15, 0.2) is 53.5 Å². The lowest BCUT2D eigenvalue weighted by atomic mass is 10.0. The number of carboxylic acid groups (broad SMARTS) is 1. The maximum absolute atomic E-state index is 13.9. The Bertz CT molecular complexity index is 826. The minimum absolute atomic E-state index is 0.327. The molecule has 1 atom stereocenters. The Labute approximate surface area is 151 Å². The number of aliphatic carboxylic acids is 1. The molecule has 1 aliphatic heterocycles.